The number of anilines is 1. The molecule has 0 fully saturated rings. The van der Waals surface area contributed by atoms with Crippen molar-refractivity contribution in [2.75, 3.05) is 11.4 Å². The molecule has 0 spiro atoms. The maximum Gasteiger partial charge on any atom is 0.182 e. The van der Waals surface area contributed by atoms with E-state index < -0.39 is 0 Å². The molecular weight excluding hydrogens is 246 g/mol. The van der Waals surface area contributed by atoms with Crippen molar-refractivity contribution >= 4 is 11.5 Å². The van der Waals surface area contributed by atoms with Gasteiger partial charge in [-0.25, -0.2) is 0 Å². The van der Waals surface area contributed by atoms with Crippen LogP contribution in [0.4, 0.5) is 5.69 Å². The molecule has 2 aromatic carbocycles. The smallest absolute Gasteiger partial charge is 0.182 e. The van der Waals surface area contributed by atoms with Gasteiger partial charge in [-0.1, -0.05) is 48.5 Å². The third-order valence-electron chi connectivity index (χ3n) is 3.28. The van der Waals surface area contributed by atoms with Crippen LogP contribution in [-0.2, 0) is 0 Å². The van der Waals surface area contributed by atoms with Crippen LogP contribution in [0.25, 0.3) is 0 Å². The molecule has 20 heavy (non-hydrogen) atoms. The van der Waals surface area contributed by atoms with Crippen LogP contribution in [0.2, 0.25) is 0 Å². The van der Waals surface area contributed by atoms with Crippen LogP contribution >= 0.6 is 0 Å². The van der Waals surface area contributed by atoms with Crippen LogP contribution in [-0.4, -0.2) is 17.9 Å². The lowest BCUT2D eigenvalue weighted by Crippen LogP contribution is -2.44. The van der Waals surface area contributed by atoms with E-state index in [0.717, 1.165) is 11.3 Å². The molecule has 0 saturated carbocycles. The Morgan fingerprint density at radius 2 is 1.40 bits per heavy atom. The third kappa shape index (κ3) is 3.47. The number of para-hydroxylation sites is 1. The average Bonchev–Trinajstić information content (AvgIpc) is 2.45. The first-order chi connectivity index (χ1) is 9.48. The van der Waals surface area contributed by atoms with Crippen molar-refractivity contribution < 1.29 is 4.79 Å². The van der Waals surface area contributed by atoms with Crippen molar-refractivity contribution in [1.82, 2.24) is 0 Å². The van der Waals surface area contributed by atoms with Crippen LogP contribution in [0.15, 0.2) is 60.7 Å². The molecule has 0 aliphatic rings. The standard InChI is InChI=1S/C18H21NO/c1-18(2,3)19(16-12-8-5-9-13-16)14-17(20)15-10-6-4-7-11-15/h4-13H,14H2,1-3H3. The summed E-state index contributed by atoms with van der Waals surface area (Å²) in [4.78, 5) is 14.6. The number of hydrogen-bond acceptors (Lipinski definition) is 2. The fraction of sp³-hybridized carbons (Fsp3) is 0.278. The Bertz CT molecular complexity index is 555. The van der Waals surface area contributed by atoms with Gasteiger partial charge in [0.05, 0.1) is 6.54 Å². The Hall–Kier alpha value is -2.09. The molecule has 0 aliphatic carbocycles. The van der Waals surface area contributed by atoms with E-state index >= 15 is 0 Å². The highest BCUT2D eigenvalue weighted by Gasteiger charge is 2.24. The van der Waals surface area contributed by atoms with Gasteiger partial charge >= 0.3 is 0 Å². The van der Waals surface area contributed by atoms with Gasteiger partial charge in [-0.15, -0.1) is 0 Å². The maximum absolute atomic E-state index is 12.4. The number of benzene rings is 2. The lowest BCUT2D eigenvalue weighted by atomic mass is 10.0. The molecule has 104 valence electrons. The maximum atomic E-state index is 12.4. The van der Waals surface area contributed by atoms with Gasteiger partial charge in [0.25, 0.3) is 0 Å². The summed E-state index contributed by atoms with van der Waals surface area (Å²) in [7, 11) is 0. The first kappa shape index (κ1) is 14.3. The first-order valence-corrected chi connectivity index (χ1v) is 6.89. The third-order valence-corrected chi connectivity index (χ3v) is 3.28. The second kappa shape index (κ2) is 5.91. The summed E-state index contributed by atoms with van der Waals surface area (Å²) in [6.45, 7) is 6.76. The van der Waals surface area contributed by atoms with E-state index in [1.807, 2.05) is 60.7 Å². The van der Waals surface area contributed by atoms with Crippen molar-refractivity contribution in [3.05, 3.63) is 66.2 Å². The van der Waals surface area contributed by atoms with Crippen molar-refractivity contribution in [1.29, 1.82) is 0 Å². The average molecular weight is 267 g/mol. The topological polar surface area (TPSA) is 20.3 Å². The summed E-state index contributed by atoms with van der Waals surface area (Å²) in [5.41, 5.74) is 1.73. The van der Waals surface area contributed by atoms with Gasteiger partial charge in [0.2, 0.25) is 0 Å². The number of hydrogen-bond donors (Lipinski definition) is 0. The molecule has 0 aromatic heterocycles. The predicted molar refractivity (Wildman–Crippen MR) is 84.3 cm³/mol. The van der Waals surface area contributed by atoms with E-state index in [1.54, 1.807) is 0 Å². The second-order valence-electron chi connectivity index (χ2n) is 5.88. The molecule has 0 heterocycles. The fourth-order valence-corrected chi connectivity index (χ4v) is 2.18. The van der Waals surface area contributed by atoms with Crippen LogP contribution in [0, 0.1) is 0 Å². The molecule has 0 amide bonds. The Morgan fingerprint density at radius 3 is 1.90 bits per heavy atom. The number of ketones is 1. The van der Waals surface area contributed by atoms with E-state index in [1.165, 1.54) is 0 Å². The summed E-state index contributed by atoms with van der Waals surface area (Å²) in [6, 6.07) is 19.5. The lowest BCUT2D eigenvalue weighted by Gasteiger charge is -2.37. The molecule has 2 aromatic rings. The summed E-state index contributed by atoms with van der Waals surface area (Å²) < 4.78 is 0. The summed E-state index contributed by atoms with van der Waals surface area (Å²) in [5, 5.41) is 0. The van der Waals surface area contributed by atoms with Crippen LogP contribution < -0.4 is 4.90 Å². The summed E-state index contributed by atoms with van der Waals surface area (Å²) >= 11 is 0. The zero-order valence-electron chi connectivity index (χ0n) is 12.3. The van der Waals surface area contributed by atoms with Crippen LogP contribution in [0.3, 0.4) is 0 Å². The quantitative estimate of drug-likeness (QED) is 0.775. The van der Waals surface area contributed by atoms with E-state index in [9.17, 15) is 4.79 Å². The van der Waals surface area contributed by atoms with Gasteiger partial charge in [0, 0.05) is 16.8 Å². The van der Waals surface area contributed by atoms with Crippen molar-refractivity contribution in [2.45, 2.75) is 26.3 Å². The largest absolute Gasteiger partial charge is 0.359 e. The summed E-state index contributed by atoms with van der Waals surface area (Å²) in [6.07, 6.45) is 0. The van der Waals surface area contributed by atoms with E-state index in [2.05, 4.69) is 25.7 Å². The number of carbonyl (C=O) groups excluding carboxylic acids is 1. The van der Waals surface area contributed by atoms with Crippen LogP contribution in [0.1, 0.15) is 31.1 Å². The zero-order valence-corrected chi connectivity index (χ0v) is 12.3. The van der Waals surface area contributed by atoms with Gasteiger partial charge in [-0.2, -0.15) is 0 Å². The number of nitrogens with zero attached hydrogens (tertiary/aromatic N) is 1. The molecule has 0 bridgehead atoms. The van der Waals surface area contributed by atoms with Gasteiger partial charge in [-0.05, 0) is 32.9 Å². The minimum atomic E-state index is -0.105. The Balaban J connectivity index is 2.24. The minimum Gasteiger partial charge on any atom is -0.359 e. The van der Waals surface area contributed by atoms with Crippen LogP contribution in [0.5, 0.6) is 0 Å². The Kier molecular flexibility index (Phi) is 4.23. The fourth-order valence-electron chi connectivity index (χ4n) is 2.18. The SMILES string of the molecule is CC(C)(C)N(CC(=O)c1ccccc1)c1ccccc1. The molecule has 0 radical (unpaired) electrons. The molecule has 2 heteroatoms. The lowest BCUT2D eigenvalue weighted by molar-refractivity contribution is 0.0993. The highest BCUT2D eigenvalue weighted by atomic mass is 16.1. The number of Topliss-reactive ketones (excluding diaryl/α,β-unsaturated/α-hetero) is 1. The molecule has 0 saturated heterocycles. The molecule has 0 N–H and O–H groups in total. The van der Waals surface area contributed by atoms with Crippen molar-refractivity contribution in [3.63, 3.8) is 0 Å². The molecule has 2 rings (SSSR count). The van der Waals surface area contributed by atoms with E-state index in [4.69, 9.17) is 0 Å². The first-order valence-electron chi connectivity index (χ1n) is 6.89. The number of carbonyl (C=O) groups is 1. The Labute approximate surface area is 121 Å². The van der Waals surface area contributed by atoms with E-state index in [-0.39, 0.29) is 11.3 Å². The van der Waals surface area contributed by atoms with Gasteiger partial charge in [0.1, 0.15) is 0 Å². The molecule has 0 unspecified atom stereocenters. The molecule has 2 nitrogen and oxygen atoms in total. The molecular formula is C18H21NO. The predicted octanol–water partition coefficient (Wildman–Crippen LogP) is 4.17. The summed E-state index contributed by atoms with van der Waals surface area (Å²) in [5.74, 6) is 0.143. The van der Waals surface area contributed by atoms with Gasteiger partial charge < -0.3 is 4.90 Å². The molecule has 0 atom stereocenters. The minimum absolute atomic E-state index is 0.105. The highest BCUT2D eigenvalue weighted by molar-refractivity contribution is 5.99. The van der Waals surface area contributed by atoms with Gasteiger partial charge in [-0.3, -0.25) is 4.79 Å². The van der Waals surface area contributed by atoms with Gasteiger partial charge in [0.15, 0.2) is 5.78 Å². The normalized spacial score (nSPS) is 11.2. The monoisotopic (exact) mass is 267 g/mol. The second-order valence-corrected chi connectivity index (χ2v) is 5.88. The highest BCUT2D eigenvalue weighted by Crippen LogP contribution is 2.23. The zero-order chi connectivity index (χ0) is 14.6. The molecule has 0 aliphatic heterocycles. The number of rotatable bonds is 4. The van der Waals surface area contributed by atoms with Crippen molar-refractivity contribution in [2.24, 2.45) is 0 Å². The van der Waals surface area contributed by atoms with Crippen molar-refractivity contribution in [3.8, 4) is 0 Å². The van der Waals surface area contributed by atoms with E-state index in [0.29, 0.717) is 6.54 Å². The Morgan fingerprint density at radius 1 is 0.900 bits per heavy atom.